The van der Waals surface area contributed by atoms with Crippen LogP contribution in [0.25, 0.3) is 21.7 Å². The van der Waals surface area contributed by atoms with Crippen LogP contribution in [0.15, 0.2) is 77.9 Å². The fourth-order valence-corrected chi connectivity index (χ4v) is 3.92. The maximum Gasteiger partial charge on any atom is 0.280 e. The lowest BCUT2D eigenvalue weighted by Crippen LogP contribution is -2.37. The first kappa shape index (κ1) is 18.1. The Balaban J connectivity index is 1.40. The SMILES string of the molecule is O=C(Nn1cnc2ccccc2c1=O)C1CC(=O)N(c2cccc3ccccc23)C1. The highest BCUT2D eigenvalue weighted by atomic mass is 16.2. The second-order valence-corrected chi connectivity index (χ2v) is 7.32. The number of amides is 2. The van der Waals surface area contributed by atoms with Crippen LogP contribution in [0, 0.1) is 5.92 Å². The molecule has 4 aromatic rings. The van der Waals surface area contributed by atoms with Gasteiger partial charge >= 0.3 is 0 Å². The van der Waals surface area contributed by atoms with E-state index in [1.807, 2.05) is 42.5 Å². The summed E-state index contributed by atoms with van der Waals surface area (Å²) >= 11 is 0. The van der Waals surface area contributed by atoms with Crippen molar-refractivity contribution < 1.29 is 9.59 Å². The average molecular weight is 398 g/mol. The van der Waals surface area contributed by atoms with Gasteiger partial charge in [0.1, 0.15) is 6.33 Å². The summed E-state index contributed by atoms with van der Waals surface area (Å²) in [6.07, 6.45) is 1.38. The van der Waals surface area contributed by atoms with Gasteiger partial charge in [0.25, 0.3) is 5.56 Å². The lowest BCUT2D eigenvalue weighted by Gasteiger charge is -2.19. The largest absolute Gasteiger partial charge is 0.311 e. The quantitative estimate of drug-likeness (QED) is 0.575. The van der Waals surface area contributed by atoms with E-state index >= 15 is 0 Å². The Bertz CT molecular complexity index is 1360. The molecule has 0 saturated carbocycles. The number of rotatable bonds is 3. The predicted octanol–water partition coefficient (Wildman–Crippen LogP) is 2.67. The number of anilines is 1. The van der Waals surface area contributed by atoms with Gasteiger partial charge in [0.05, 0.1) is 22.5 Å². The van der Waals surface area contributed by atoms with Crippen molar-refractivity contribution in [1.82, 2.24) is 9.66 Å². The summed E-state index contributed by atoms with van der Waals surface area (Å²) in [6.45, 7) is 0.258. The summed E-state index contributed by atoms with van der Waals surface area (Å²) in [5.41, 5.74) is 3.59. The molecule has 0 radical (unpaired) electrons. The minimum atomic E-state index is -0.560. The van der Waals surface area contributed by atoms with Crippen molar-refractivity contribution >= 4 is 39.2 Å². The number of nitrogens with zero attached hydrogens (tertiary/aromatic N) is 3. The summed E-state index contributed by atoms with van der Waals surface area (Å²) in [4.78, 5) is 44.0. The Labute approximate surface area is 171 Å². The van der Waals surface area contributed by atoms with Crippen LogP contribution in [0.2, 0.25) is 0 Å². The van der Waals surface area contributed by atoms with Crippen LogP contribution in [-0.4, -0.2) is 28.0 Å². The number of para-hydroxylation sites is 1. The molecule has 2 heterocycles. The molecule has 7 heteroatoms. The molecule has 1 unspecified atom stereocenters. The zero-order valence-corrected chi connectivity index (χ0v) is 16.0. The second-order valence-electron chi connectivity index (χ2n) is 7.32. The smallest absolute Gasteiger partial charge is 0.280 e. The highest BCUT2D eigenvalue weighted by Gasteiger charge is 2.36. The molecule has 2 amide bonds. The number of nitrogens with one attached hydrogen (secondary N) is 1. The zero-order valence-electron chi connectivity index (χ0n) is 16.0. The van der Waals surface area contributed by atoms with Crippen LogP contribution in [0.5, 0.6) is 0 Å². The molecule has 7 nitrogen and oxygen atoms in total. The number of carbonyl (C=O) groups is 2. The van der Waals surface area contributed by atoms with Gasteiger partial charge in [-0.05, 0) is 23.6 Å². The Kier molecular flexibility index (Phi) is 4.28. The molecule has 1 aliphatic rings. The first-order valence-corrected chi connectivity index (χ1v) is 9.67. The normalized spacial score (nSPS) is 16.3. The van der Waals surface area contributed by atoms with Gasteiger partial charge < -0.3 is 4.90 Å². The molecule has 5 rings (SSSR count). The van der Waals surface area contributed by atoms with E-state index in [0.717, 1.165) is 21.1 Å². The van der Waals surface area contributed by atoms with Crippen LogP contribution in [-0.2, 0) is 9.59 Å². The standard InChI is InChI=1S/C23H18N4O3/c28-21-12-16(13-26(21)20-11-5-7-15-6-1-2-8-17(15)20)22(29)25-27-14-24-19-10-4-3-9-18(19)23(27)30/h1-11,14,16H,12-13H2,(H,25,29). The van der Waals surface area contributed by atoms with E-state index in [1.165, 1.54) is 6.33 Å². The van der Waals surface area contributed by atoms with E-state index in [4.69, 9.17) is 0 Å². The monoisotopic (exact) mass is 398 g/mol. The minimum absolute atomic E-state index is 0.0881. The molecule has 1 saturated heterocycles. The Morgan fingerprint density at radius 3 is 2.53 bits per heavy atom. The van der Waals surface area contributed by atoms with Gasteiger partial charge in [-0.25, -0.2) is 9.66 Å². The van der Waals surface area contributed by atoms with Gasteiger partial charge in [-0.3, -0.25) is 19.8 Å². The maximum atomic E-state index is 12.8. The highest BCUT2D eigenvalue weighted by Crippen LogP contribution is 2.31. The van der Waals surface area contributed by atoms with Gasteiger partial charge in [0.2, 0.25) is 11.8 Å². The molecule has 0 spiro atoms. The first-order chi connectivity index (χ1) is 14.6. The van der Waals surface area contributed by atoms with Crippen LogP contribution < -0.4 is 15.9 Å². The number of hydrogen-bond acceptors (Lipinski definition) is 4. The number of aromatic nitrogens is 2. The first-order valence-electron chi connectivity index (χ1n) is 9.67. The molecule has 1 aliphatic heterocycles. The fraction of sp³-hybridized carbons (Fsp3) is 0.130. The van der Waals surface area contributed by atoms with E-state index in [-0.39, 0.29) is 30.3 Å². The molecule has 0 aliphatic carbocycles. The van der Waals surface area contributed by atoms with E-state index in [1.54, 1.807) is 29.2 Å². The van der Waals surface area contributed by atoms with E-state index in [0.29, 0.717) is 10.9 Å². The van der Waals surface area contributed by atoms with Crippen LogP contribution in [0.1, 0.15) is 6.42 Å². The Morgan fingerprint density at radius 2 is 1.67 bits per heavy atom. The number of carbonyl (C=O) groups excluding carboxylic acids is 2. The average Bonchev–Trinajstić information content (AvgIpc) is 3.17. The highest BCUT2D eigenvalue weighted by molar-refractivity contribution is 6.07. The Morgan fingerprint density at radius 1 is 0.933 bits per heavy atom. The van der Waals surface area contributed by atoms with Crippen molar-refractivity contribution in [3.8, 4) is 0 Å². The summed E-state index contributed by atoms with van der Waals surface area (Å²) in [5, 5.41) is 2.41. The molecular formula is C23H18N4O3. The van der Waals surface area contributed by atoms with E-state index in [9.17, 15) is 14.4 Å². The molecule has 1 aromatic heterocycles. The summed E-state index contributed by atoms with van der Waals surface area (Å²) in [5.74, 6) is -1.06. The van der Waals surface area contributed by atoms with Crippen LogP contribution in [0.4, 0.5) is 5.69 Å². The number of benzene rings is 3. The van der Waals surface area contributed by atoms with Crippen LogP contribution >= 0.6 is 0 Å². The van der Waals surface area contributed by atoms with Gasteiger partial charge in [0.15, 0.2) is 0 Å². The third-order valence-electron chi connectivity index (χ3n) is 5.45. The summed E-state index contributed by atoms with van der Waals surface area (Å²) in [6, 6.07) is 20.5. The van der Waals surface area contributed by atoms with E-state index < -0.39 is 5.92 Å². The lowest BCUT2D eigenvalue weighted by molar-refractivity contribution is -0.123. The molecule has 0 bridgehead atoms. The van der Waals surface area contributed by atoms with Crippen LogP contribution in [0.3, 0.4) is 0 Å². The Hall–Kier alpha value is -4.00. The number of fused-ring (bicyclic) bond motifs is 2. The molecule has 148 valence electrons. The topological polar surface area (TPSA) is 84.3 Å². The third kappa shape index (κ3) is 3.00. The van der Waals surface area contributed by atoms with Gasteiger partial charge in [-0.2, -0.15) is 0 Å². The maximum absolute atomic E-state index is 12.8. The fourth-order valence-electron chi connectivity index (χ4n) is 3.92. The predicted molar refractivity (Wildman–Crippen MR) is 115 cm³/mol. The van der Waals surface area contributed by atoms with E-state index in [2.05, 4.69) is 10.4 Å². The molecule has 1 fully saturated rings. The molecule has 3 aromatic carbocycles. The van der Waals surface area contributed by atoms with Gasteiger partial charge in [-0.1, -0.05) is 48.5 Å². The third-order valence-corrected chi connectivity index (χ3v) is 5.45. The molecule has 30 heavy (non-hydrogen) atoms. The van der Waals surface area contributed by atoms with Crippen molar-refractivity contribution in [3.63, 3.8) is 0 Å². The van der Waals surface area contributed by atoms with Crippen molar-refractivity contribution in [2.24, 2.45) is 5.92 Å². The lowest BCUT2D eigenvalue weighted by atomic mass is 10.1. The van der Waals surface area contributed by atoms with Gasteiger partial charge in [0, 0.05) is 18.4 Å². The van der Waals surface area contributed by atoms with Crippen molar-refractivity contribution in [1.29, 1.82) is 0 Å². The summed E-state index contributed by atoms with van der Waals surface area (Å²) in [7, 11) is 0. The van der Waals surface area contributed by atoms with Gasteiger partial charge in [-0.15, -0.1) is 0 Å². The van der Waals surface area contributed by atoms with Crippen molar-refractivity contribution in [2.75, 3.05) is 16.9 Å². The second kappa shape index (κ2) is 7.11. The molecule has 1 atom stereocenters. The van der Waals surface area contributed by atoms with Crippen molar-refractivity contribution in [2.45, 2.75) is 6.42 Å². The number of hydrogen-bond donors (Lipinski definition) is 1. The molecule has 1 N–H and O–H groups in total. The minimum Gasteiger partial charge on any atom is -0.311 e. The molecular weight excluding hydrogens is 380 g/mol. The van der Waals surface area contributed by atoms with Crippen molar-refractivity contribution in [3.05, 3.63) is 83.4 Å². The zero-order chi connectivity index (χ0) is 20.7. The summed E-state index contributed by atoms with van der Waals surface area (Å²) < 4.78 is 1.08.